The van der Waals surface area contributed by atoms with Crippen molar-refractivity contribution < 1.29 is 0 Å². The van der Waals surface area contributed by atoms with E-state index in [1.54, 1.807) is 0 Å². The van der Waals surface area contributed by atoms with Gasteiger partial charge in [0.05, 0.1) is 5.41 Å². The molecule has 1 spiro atoms. The Labute approximate surface area is 377 Å². The monoisotopic (exact) mass is 812 g/mol. The first-order valence-corrected chi connectivity index (χ1v) is 23.0. The van der Waals surface area contributed by atoms with E-state index in [2.05, 4.69) is 217 Å². The van der Waals surface area contributed by atoms with Crippen LogP contribution < -0.4 is 32.8 Å². The number of hydrogen-bond acceptors (Lipinski definition) is 0. The van der Waals surface area contributed by atoms with E-state index >= 15 is 0 Å². The summed E-state index contributed by atoms with van der Waals surface area (Å²) < 4.78 is 0. The molecule has 0 nitrogen and oxygen atoms in total. The zero-order valence-electron chi connectivity index (χ0n) is 39.4. The Balaban J connectivity index is 1.23. The van der Waals surface area contributed by atoms with E-state index in [1.165, 1.54) is 144 Å². The predicted octanol–water partition coefficient (Wildman–Crippen LogP) is 10.8. The first kappa shape index (κ1) is 40.9. The molecule has 0 heterocycles. The number of aryl methyl sites for hydroxylation is 12. The van der Waals surface area contributed by atoms with Crippen LogP contribution in [-0.2, 0) is 5.41 Å². The molecule has 2 heteroatoms. The molecule has 8 aromatic rings. The lowest BCUT2D eigenvalue weighted by Crippen LogP contribution is -2.56. The molecular formula is C61H58B2. The van der Waals surface area contributed by atoms with E-state index in [-0.39, 0.29) is 13.4 Å². The maximum Gasteiger partial charge on any atom is 0.242 e. The summed E-state index contributed by atoms with van der Waals surface area (Å²) in [4.78, 5) is 0. The van der Waals surface area contributed by atoms with Gasteiger partial charge in [-0.2, -0.15) is 0 Å². The topological polar surface area (TPSA) is 0 Å². The quantitative estimate of drug-likeness (QED) is 0.147. The van der Waals surface area contributed by atoms with Crippen molar-refractivity contribution in [3.63, 3.8) is 0 Å². The second-order valence-corrected chi connectivity index (χ2v) is 19.6. The summed E-state index contributed by atoms with van der Waals surface area (Å²) in [6.07, 6.45) is 0. The Morgan fingerprint density at radius 1 is 0.270 bits per heavy atom. The molecule has 2 aliphatic carbocycles. The molecule has 0 fully saturated rings. The summed E-state index contributed by atoms with van der Waals surface area (Å²) in [5, 5.41) is 0. The minimum absolute atomic E-state index is 0.102. The van der Waals surface area contributed by atoms with E-state index in [4.69, 9.17) is 0 Å². The minimum Gasteiger partial charge on any atom is -0.0680 e. The lowest BCUT2D eigenvalue weighted by atomic mass is 9.34. The van der Waals surface area contributed by atoms with Crippen molar-refractivity contribution in [1.29, 1.82) is 0 Å². The lowest BCUT2D eigenvalue weighted by molar-refractivity contribution is 0.794. The number of fused-ring (bicyclic) bond motifs is 10. The molecule has 0 N–H and O–H groups in total. The molecule has 2 aliphatic rings. The highest BCUT2D eigenvalue weighted by Gasteiger charge is 2.52. The van der Waals surface area contributed by atoms with Gasteiger partial charge in [-0.05, 0) is 128 Å². The molecule has 0 saturated carbocycles. The maximum atomic E-state index is 2.57. The summed E-state index contributed by atoms with van der Waals surface area (Å²) in [6, 6.07) is 52.7. The zero-order chi connectivity index (χ0) is 44.2. The fourth-order valence-electron chi connectivity index (χ4n) is 13.1. The predicted molar refractivity (Wildman–Crippen MR) is 275 cm³/mol. The molecule has 0 aromatic heterocycles. The zero-order valence-corrected chi connectivity index (χ0v) is 39.4. The second kappa shape index (κ2) is 15.0. The summed E-state index contributed by atoms with van der Waals surface area (Å²) in [5.74, 6) is 0. The van der Waals surface area contributed by atoms with Crippen molar-refractivity contribution in [3.05, 3.63) is 222 Å². The van der Waals surface area contributed by atoms with Crippen LogP contribution in [0.15, 0.2) is 133 Å². The highest BCUT2D eigenvalue weighted by Crippen LogP contribution is 2.62. The van der Waals surface area contributed by atoms with E-state index in [9.17, 15) is 0 Å². The van der Waals surface area contributed by atoms with E-state index < -0.39 is 5.41 Å². The minimum atomic E-state index is -0.434. The molecule has 0 aliphatic heterocycles. The van der Waals surface area contributed by atoms with Crippen molar-refractivity contribution in [2.45, 2.75) is 88.5 Å². The van der Waals surface area contributed by atoms with Crippen molar-refractivity contribution in [3.8, 4) is 22.3 Å². The number of benzene rings is 8. The van der Waals surface area contributed by atoms with Gasteiger partial charge in [0.1, 0.15) is 0 Å². The number of rotatable bonds is 6. The third-order valence-electron chi connectivity index (χ3n) is 14.9. The molecule has 8 aromatic carbocycles. The van der Waals surface area contributed by atoms with E-state index in [0.717, 1.165) is 0 Å². The molecule has 308 valence electrons. The first-order chi connectivity index (χ1) is 30.2. The standard InChI is InChI=1S/C61H58B2/c1-35-25-39(5)57(40(6)26-35)62(58-41(7)27-36(2)28-42(58)8)47-21-23-55-51(33-47)49-17-13-15-19-53(49)61(55)54-20-16-14-18-50(54)52-34-48(22-24-56(52)61)63(59-43(9)29-37(3)30-44(59)10)60-45(11)31-38(4)32-46(60)12/h13-34H,1-12H3. The van der Waals surface area contributed by atoms with Gasteiger partial charge in [0.15, 0.2) is 0 Å². The molecule has 0 atom stereocenters. The van der Waals surface area contributed by atoms with Gasteiger partial charge in [-0.3, -0.25) is 0 Å². The number of hydrogen-bond donors (Lipinski definition) is 0. The average molecular weight is 813 g/mol. The SMILES string of the molecule is Cc1cc(C)c(B(c2ccc3c(c2)-c2ccccc2C32c3ccccc3-c3cc(B(c4c(C)cc(C)cc4C)c4c(C)cc(C)cc4C)ccc32)c2c(C)cc(C)cc2C)c(C)c1. The molecule has 0 bridgehead atoms. The molecule has 0 amide bonds. The normalized spacial score (nSPS) is 12.9. The van der Waals surface area contributed by atoms with Gasteiger partial charge >= 0.3 is 0 Å². The largest absolute Gasteiger partial charge is 0.242 e. The summed E-state index contributed by atoms with van der Waals surface area (Å²) in [7, 11) is 0. The highest BCUT2D eigenvalue weighted by atomic mass is 14.5. The van der Waals surface area contributed by atoms with Crippen molar-refractivity contribution in [2.75, 3.05) is 0 Å². The van der Waals surface area contributed by atoms with Crippen LogP contribution in [0, 0.1) is 83.1 Å². The van der Waals surface area contributed by atoms with Crippen molar-refractivity contribution in [2.24, 2.45) is 0 Å². The van der Waals surface area contributed by atoms with Gasteiger partial charge in [0.2, 0.25) is 13.4 Å². The maximum absolute atomic E-state index is 2.57. The molecule has 10 rings (SSSR count). The van der Waals surface area contributed by atoms with Gasteiger partial charge < -0.3 is 0 Å². The average Bonchev–Trinajstić information content (AvgIpc) is 3.67. The van der Waals surface area contributed by atoms with E-state index in [0.29, 0.717) is 0 Å². The van der Waals surface area contributed by atoms with Crippen LogP contribution in [-0.4, -0.2) is 13.4 Å². The lowest BCUT2D eigenvalue weighted by Gasteiger charge is -2.31. The third kappa shape index (κ3) is 6.19. The van der Waals surface area contributed by atoms with Gasteiger partial charge in [-0.25, -0.2) is 0 Å². The van der Waals surface area contributed by atoms with Crippen LogP contribution in [0.5, 0.6) is 0 Å². The molecule has 0 radical (unpaired) electrons. The molecule has 0 saturated heterocycles. The van der Waals surface area contributed by atoms with E-state index in [1.807, 2.05) is 0 Å². The fraction of sp³-hybridized carbons (Fsp3) is 0.213. The molecule has 63 heavy (non-hydrogen) atoms. The third-order valence-corrected chi connectivity index (χ3v) is 14.9. The Morgan fingerprint density at radius 2 is 0.524 bits per heavy atom. The van der Waals surface area contributed by atoms with Crippen LogP contribution in [0.25, 0.3) is 22.3 Å². The Hall–Kier alpha value is -6.11. The van der Waals surface area contributed by atoms with Gasteiger partial charge in [0.25, 0.3) is 0 Å². The summed E-state index contributed by atoms with van der Waals surface area (Å²) in [6.45, 7) is 27.6. The van der Waals surface area contributed by atoms with Crippen LogP contribution in [0.3, 0.4) is 0 Å². The smallest absolute Gasteiger partial charge is 0.0680 e. The van der Waals surface area contributed by atoms with Gasteiger partial charge in [-0.15, -0.1) is 0 Å². The summed E-state index contributed by atoms with van der Waals surface area (Å²) in [5.41, 5.74) is 35.0. The Bertz CT molecular complexity index is 2790. The van der Waals surface area contributed by atoms with Crippen molar-refractivity contribution >= 4 is 46.2 Å². The summed E-state index contributed by atoms with van der Waals surface area (Å²) >= 11 is 0. The fourth-order valence-corrected chi connectivity index (χ4v) is 13.1. The Kier molecular flexibility index (Phi) is 9.76. The van der Waals surface area contributed by atoms with Gasteiger partial charge in [-0.1, -0.05) is 233 Å². The van der Waals surface area contributed by atoms with Crippen LogP contribution in [0.4, 0.5) is 0 Å². The van der Waals surface area contributed by atoms with Crippen LogP contribution in [0.2, 0.25) is 0 Å². The highest BCUT2D eigenvalue weighted by molar-refractivity contribution is 6.97. The second-order valence-electron chi connectivity index (χ2n) is 19.6. The molecule has 0 unspecified atom stereocenters. The van der Waals surface area contributed by atoms with Crippen LogP contribution in [0.1, 0.15) is 89.0 Å². The molecular weight excluding hydrogens is 754 g/mol. The van der Waals surface area contributed by atoms with Crippen LogP contribution >= 0.6 is 0 Å². The first-order valence-electron chi connectivity index (χ1n) is 23.0. The van der Waals surface area contributed by atoms with Gasteiger partial charge in [0, 0.05) is 0 Å². The Morgan fingerprint density at radius 3 is 0.810 bits per heavy atom. The van der Waals surface area contributed by atoms with Crippen molar-refractivity contribution in [1.82, 2.24) is 0 Å².